The number of thiophene rings is 1. The Morgan fingerprint density at radius 3 is 2.50 bits per heavy atom. The van der Waals surface area contributed by atoms with Gasteiger partial charge in [-0.25, -0.2) is 14.8 Å². The van der Waals surface area contributed by atoms with Gasteiger partial charge in [-0.1, -0.05) is 55.4 Å². The lowest BCUT2D eigenvalue weighted by atomic mass is 9.72. The molecule has 0 aliphatic heterocycles. The van der Waals surface area contributed by atoms with Crippen molar-refractivity contribution in [2.24, 2.45) is 5.41 Å². The van der Waals surface area contributed by atoms with Gasteiger partial charge in [-0.3, -0.25) is 0 Å². The summed E-state index contributed by atoms with van der Waals surface area (Å²) in [4.78, 5) is 20.1. The maximum absolute atomic E-state index is 10.5. The molecule has 0 amide bonds. The zero-order valence-corrected chi connectivity index (χ0v) is 25.9. The Morgan fingerprint density at radius 1 is 1.15 bits per heavy atom. The minimum atomic E-state index is -0.912. The first-order valence-corrected chi connectivity index (χ1v) is 14.6. The largest absolute Gasteiger partial charge is 0.478 e. The van der Waals surface area contributed by atoms with Crippen LogP contribution in [0.2, 0.25) is 0 Å². The summed E-state index contributed by atoms with van der Waals surface area (Å²) in [7, 11) is 0. The molecule has 2 aromatic heterocycles. The first kappa shape index (κ1) is 32.9. The molecule has 6 nitrogen and oxygen atoms in total. The summed E-state index contributed by atoms with van der Waals surface area (Å²) in [5.41, 5.74) is 14.4. The third-order valence-corrected chi connectivity index (χ3v) is 8.30. The number of carboxylic acid groups (broad SMARTS) is 1. The summed E-state index contributed by atoms with van der Waals surface area (Å²) in [6.07, 6.45) is 18.3. The van der Waals surface area contributed by atoms with Gasteiger partial charge in [0.1, 0.15) is 11.6 Å². The molecule has 0 radical (unpaired) electrons. The summed E-state index contributed by atoms with van der Waals surface area (Å²) in [5, 5.41) is 19.8. The summed E-state index contributed by atoms with van der Waals surface area (Å²) in [5.74, 6) is 0.334. The van der Waals surface area contributed by atoms with E-state index in [0.717, 1.165) is 29.6 Å². The van der Waals surface area contributed by atoms with Crippen molar-refractivity contribution in [1.82, 2.24) is 9.97 Å². The minimum absolute atomic E-state index is 0.191. The second-order valence-electron chi connectivity index (χ2n) is 11.0. The molecule has 7 heteroatoms. The summed E-state index contributed by atoms with van der Waals surface area (Å²) >= 11 is 1.69. The molecule has 216 valence electrons. The zero-order valence-electron chi connectivity index (χ0n) is 25.0. The quantitative estimate of drug-likeness (QED) is 0.216. The predicted octanol–water partition coefficient (Wildman–Crippen LogP) is 7.47. The Bertz CT molecular complexity index is 1330. The van der Waals surface area contributed by atoms with E-state index in [4.69, 9.17) is 15.9 Å². The van der Waals surface area contributed by atoms with Crippen LogP contribution in [0.4, 0.5) is 5.82 Å². The molecule has 0 unspecified atom stereocenters. The molecule has 1 aliphatic carbocycles. The number of rotatable bonds is 9. The number of aryl methyl sites for hydroxylation is 1. The van der Waals surface area contributed by atoms with Crippen LogP contribution in [0.25, 0.3) is 0 Å². The van der Waals surface area contributed by atoms with Gasteiger partial charge in [-0.05, 0) is 86.9 Å². The highest BCUT2D eigenvalue weighted by atomic mass is 32.1. The van der Waals surface area contributed by atoms with Crippen LogP contribution < -0.4 is 5.73 Å². The molecule has 0 saturated heterocycles. The fraction of sp³-hybridized carbons (Fsp3) is 0.424. The molecule has 0 aromatic carbocycles. The van der Waals surface area contributed by atoms with Crippen LogP contribution in [-0.4, -0.2) is 32.8 Å². The van der Waals surface area contributed by atoms with Crippen molar-refractivity contribution >= 4 is 23.1 Å². The number of aromatic nitrogens is 2. The number of hydrogen-bond acceptors (Lipinski definition) is 6. The van der Waals surface area contributed by atoms with E-state index in [2.05, 4.69) is 62.1 Å². The molecule has 0 spiro atoms. The first-order valence-electron chi connectivity index (χ1n) is 13.7. The SMILES string of the molecule is CC1=C(/C=C/C(C)=C/C=C/C(C)=C/C(=O)O)C(C)(C)CCC1.Cc1ncc(Cc2csc(CCO)c2C)c(N)n1. The number of aliphatic hydroxyl groups excluding tert-OH is 1. The average molecular weight is 564 g/mol. The second kappa shape index (κ2) is 15.5. The van der Waals surface area contributed by atoms with Crippen molar-refractivity contribution in [3.8, 4) is 0 Å². The average Bonchev–Trinajstić information content (AvgIpc) is 3.19. The van der Waals surface area contributed by atoms with Gasteiger partial charge in [0.15, 0.2) is 0 Å². The van der Waals surface area contributed by atoms with Crippen molar-refractivity contribution in [2.45, 2.75) is 80.6 Å². The van der Waals surface area contributed by atoms with Crippen LogP contribution >= 0.6 is 11.3 Å². The Morgan fingerprint density at radius 2 is 1.88 bits per heavy atom. The van der Waals surface area contributed by atoms with E-state index >= 15 is 0 Å². The molecule has 0 bridgehead atoms. The minimum Gasteiger partial charge on any atom is -0.478 e. The van der Waals surface area contributed by atoms with Crippen LogP contribution in [0.15, 0.2) is 70.3 Å². The van der Waals surface area contributed by atoms with E-state index in [1.807, 2.05) is 19.1 Å². The third kappa shape index (κ3) is 10.4. The number of aliphatic carboxylic acids is 1. The Kier molecular flexibility index (Phi) is 12.7. The summed E-state index contributed by atoms with van der Waals surface area (Å²) < 4.78 is 0. The van der Waals surface area contributed by atoms with Crippen LogP contribution in [0, 0.1) is 19.3 Å². The van der Waals surface area contributed by atoms with Gasteiger partial charge in [0, 0.05) is 42.2 Å². The van der Waals surface area contributed by atoms with Crippen LogP contribution in [0.1, 0.15) is 81.3 Å². The van der Waals surface area contributed by atoms with E-state index in [1.165, 1.54) is 52.5 Å². The summed E-state index contributed by atoms with van der Waals surface area (Å²) in [6, 6.07) is 0. The van der Waals surface area contributed by atoms with E-state index in [9.17, 15) is 4.79 Å². The number of nitrogens with two attached hydrogens (primary N) is 1. The van der Waals surface area contributed by atoms with E-state index in [1.54, 1.807) is 30.5 Å². The molecular weight excluding hydrogens is 518 g/mol. The van der Waals surface area contributed by atoms with Gasteiger partial charge >= 0.3 is 5.97 Å². The highest BCUT2D eigenvalue weighted by Crippen LogP contribution is 2.40. The Hall–Kier alpha value is -3.29. The second-order valence-corrected chi connectivity index (χ2v) is 12.0. The monoisotopic (exact) mass is 563 g/mol. The molecule has 1 aliphatic rings. The van der Waals surface area contributed by atoms with Gasteiger partial charge in [-0.15, -0.1) is 11.3 Å². The predicted molar refractivity (Wildman–Crippen MR) is 168 cm³/mol. The number of nitrogen functional groups attached to an aromatic ring is 1. The molecule has 40 heavy (non-hydrogen) atoms. The van der Waals surface area contributed by atoms with Gasteiger partial charge < -0.3 is 15.9 Å². The van der Waals surface area contributed by atoms with Crippen LogP contribution in [-0.2, 0) is 17.6 Å². The normalized spacial score (nSPS) is 16.0. The highest BCUT2D eigenvalue weighted by molar-refractivity contribution is 7.10. The standard InChI is InChI=1S/C20H28O2.C13H17N3OS/c1-15(8-6-9-16(2)14-19(21)22)11-12-18-17(3)10-7-13-20(18,4)5;1-8-11(7-18-12(8)3-4-17)5-10-6-15-9(2)16-13(10)14/h6,8-9,11-12,14H,7,10,13H2,1-5H3,(H,21,22);6-7,17H,3-5H2,1-2H3,(H2,14,15,16)/b9-6+,12-11+,15-8+,16-14+;. The van der Waals surface area contributed by atoms with Crippen molar-refractivity contribution < 1.29 is 15.0 Å². The maximum atomic E-state index is 10.5. The van der Waals surface area contributed by atoms with Gasteiger partial charge in [0.05, 0.1) is 0 Å². The molecule has 0 saturated carbocycles. The lowest BCUT2D eigenvalue weighted by molar-refractivity contribution is -0.131. The number of carboxylic acids is 1. The molecule has 4 N–H and O–H groups in total. The molecule has 0 fully saturated rings. The highest BCUT2D eigenvalue weighted by Gasteiger charge is 2.26. The fourth-order valence-electron chi connectivity index (χ4n) is 4.75. The molecular formula is C33H45N3O3S. The number of nitrogens with zero attached hydrogens (tertiary/aromatic N) is 2. The van der Waals surface area contributed by atoms with Crippen LogP contribution in [0.5, 0.6) is 0 Å². The Labute approximate surface area is 243 Å². The van der Waals surface area contributed by atoms with Gasteiger partial charge in [0.2, 0.25) is 0 Å². The topological polar surface area (TPSA) is 109 Å². The number of aliphatic hydroxyl groups is 1. The fourth-order valence-corrected chi connectivity index (χ4v) is 5.81. The van der Waals surface area contributed by atoms with Gasteiger partial charge in [0.25, 0.3) is 0 Å². The molecule has 3 rings (SSSR count). The lowest BCUT2D eigenvalue weighted by Gasteiger charge is -2.32. The third-order valence-electron chi connectivity index (χ3n) is 7.11. The zero-order chi connectivity index (χ0) is 29.9. The smallest absolute Gasteiger partial charge is 0.328 e. The maximum Gasteiger partial charge on any atom is 0.328 e. The molecule has 2 aromatic rings. The first-order chi connectivity index (χ1) is 18.8. The van der Waals surface area contributed by atoms with Crippen molar-refractivity contribution in [3.05, 3.63) is 97.7 Å². The van der Waals surface area contributed by atoms with Gasteiger partial charge in [-0.2, -0.15) is 0 Å². The van der Waals surface area contributed by atoms with Crippen molar-refractivity contribution in [3.63, 3.8) is 0 Å². The number of anilines is 1. The van der Waals surface area contributed by atoms with E-state index in [-0.39, 0.29) is 12.0 Å². The number of allylic oxidation sites excluding steroid dienone is 9. The van der Waals surface area contributed by atoms with Crippen molar-refractivity contribution in [1.29, 1.82) is 0 Å². The lowest BCUT2D eigenvalue weighted by Crippen LogP contribution is -2.19. The number of carbonyl (C=O) groups is 1. The van der Waals surface area contributed by atoms with E-state index < -0.39 is 5.97 Å². The summed E-state index contributed by atoms with van der Waals surface area (Å²) in [6.45, 7) is 14.8. The van der Waals surface area contributed by atoms with E-state index in [0.29, 0.717) is 11.6 Å². The Balaban J connectivity index is 0.000000285. The van der Waals surface area contributed by atoms with Crippen molar-refractivity contribution in [2.75, 3.05) is 12.3 Å². The molecule has 0 atom stereocenters. The molecule has 2 heterocycles. The van der Waals surface area contributed by atoms with Crippen LogP contribution in [0.3, 0.4) is 0 Å². The number of hydrogen-bond donors (Lipinski definition) is 3.